The number of fused-ring (bicyclic) bond motifs is 1. The highest BCUT2D eigenvalue weighted by Crippen LogP contribution is 2.31. The highest BCUT2D eigenvalue weighted by molar-refractivity contribution is 5.77. The van der Waals surface area contributed by atoms with Crippen LogP contribution in [0.25, 0.3) is 0 Å². The number of methoxy groups -OCH3 is 1. The lowest BCUT2D eigenvalue weighted by Crippen LogP contribution is -2.56. The summed E-state index contributed by atoms with van der Waals surface area (Å²) in [5, 5.41) is 0. The quantitative estimate of drug-likeness (QED) is 0.828. The molecule has 2 aliphatic heterocycles. The molecule has 2 aliphatic rings. The van der Waals surface area contributed by atoms with Gasteiger partial charge < -0.3 is 9.64 Å². The molecule has 1 aromatic rings. The molecule has 22 heavy (non-hydrogen) atoms. The molecule has 5 nitrogen and oxygen atoms in total. The zero-order chi connectivity index (χ0) is 15.4. The molecule has 3 rings (SSSR count). The number of ether oxygens (including phenoxy) is 1. The monoisotopic (exact) mass is 303 g/mol. The highest BCUT2D eigenvalue weighted by atomic mass is 16.5. The average Bonchev–Trinajstić information content (AvgIpc) is 2.55. The fourth-order valence-electron chi connectivity index (χ4n) is 3.80. The number of carbonyl (C=O) groups excluding carboxylic acids is 1. The number of carbonyl (C=O) groups is 1. The second-order valence-corrected chi connectivity index (χ2v) is 6.33. The molecule has 1 amide bonds. The van der Waals surface area contributed by atoms with Crippen LogP contribution in [0.1, 0.15) is 24.8 Å². The summed E-state index contributed by atoms with van der Waals surface area (Å²) in [6.07, 6.45) is 6.54. The average molecular weight is 303 g/mol. The number of pyridine rings is 1. The van der Waals surface area contributed by atoms with Gasteiger partial charge in [0.25, 0.3) is 0 Å². The molecule has 1 aromatic heterocycles. The van der Waals surface area contributed by atoms with Gasteiger partial charge in [-0.25, -0.2) is 0 Å². The maximum Gasteiger partial charge on any atom is 0.222 e. The minimum Gasteiger partial charge on any atom is -0.383 e. The van der Waals surface area contributed by atoms with Crippen LogP contribution in [-0.2, 0) is 16.1 Å². The van der Waals surface area contributed by atoms with E-state index in [1.165, 1.54) is 5.56 Å². The van der Waals surface area contributed by atoms with Gasteiger partial charge in [-0.3, -0.25) is 14.7 Å². The number of likely N-dealkylation sites (tertiary alicyclic amines) is 2. The normalized spacial score (nSPS) is 26.0. The predicted molar refractivity (Wildman–Crippen MR) is 84.2 cm³/mol. The van der Waals surface area contributed by atoms with Gasteiger partial charge in [0.15, 0.2) is 0 Å². The number of piperidine rings is 2. The Labute approximate surface area is 132 Å². The van der Waals surface area contributed by atoms with E-state index < -0.39 is 0 Å². The Kier molecular flexibility index (Phi) is 5.05. The van der Waals surface area contributed by atoms with Gasteiger partial charge in [0, 0.05) is 58.1 Å². The molecule has 120 valence electrons. The first kappa shape index (κ1) is 15.4. The minimum absolute atomic E-state index is 0.305. The van der Waals surface area contributed by atoms with Gasteiger partial charge in [-0.05, 0) is 30.4 Å². The Morgan fingerprint density at radius 2 is 2.32 bits per heavy atom. The molecule has 2 fully saturated rings. The first-order valence-corrected chi connectivity index (χ1v) is 8.17. The SMILES string of the molecule is COCCN1C(=O)CC[C@@H]2CN(Cc3cccnc3)CC[C@@H]21. The third-order valence-electron chi connectivity index (χ3n) is 4.89. The van der Waals surface area contributed by atoms with Crippen LogP contribution in [0, 0.1) is 5.92 Å². The Morgan fingerprint density at radius 3 is 3.09 bits per heavy atom. The van der Waals surface area contributed by atoms with E-state index in [9.17, 15) is 4.79 Å². The van der Waals surface area contributed by atoms with Gasteiger partial charge in [0.1, 0.15) is 0 Å². The first-order valence-electron chi connectivity index (χ1n) is 8.17. The van der Waals surface area contributed by atoms with Crippen LogP contribution in [0.3, 0.4) is 0 Å². The van der Waals surface area contributed by atoms with Crippen molar-refractivity contribution in [3.8, 4) is 0 Å². The summed E-state index contributed by atoms with van der Waals surface area (Å²) in [5.41, 5.74) is 1.27. The van der Waals surface area contributed by atoms with Gasteiger partial charge in [-0.15, -0.1) is 0 Å². The van der Waals surface area contributed by atoms with Crippen molar-refractivity contribution < 1.29 is 9.53 Å². The Hall–Kier alpha value is -1.46. The number of nitrogens with zero attached hydrogens (tertiary/aromatic N) is 3. The van der Waals surface area contributed by atoms with E-state index in [1.54, 1.807) is 7.11 Å². The van der Waals surface area contributed by atoms with E-state index in [-0.39, 0.29) is 0 Å². The largest absolute Gasteiger partial charge is 0.383 e. The summed E-state index contributed by atoms with van der Waals surface area (Å²) in [4.78, 5) is 20.9. The lowest BCUT2D eigenvalue weighted by molar-refractivity contribution is -0.142. The van der Waals surface area contributed by atoms with E-state index in [0.29, 0.717) is 30.9 Å². The van der Waals surface area contributed by atoms with Gasteiger partial charge in [-0.2, -0.15) is 0 Å². The van der Waals surface area contributed by atoms with Crippen molar-refractivity contribution in [1.82, 2.24) is 14.8 Å². The van der Waals surface area contributed by atoms with E-state index in [4.69, 9.17) is 4.74 Å². The summed E-state index contributed by atoms with van der Waals surface area (Å²) in [7, 11) is 1.70. The van der Waals surface area contributed by atoms with Gasteiger partial charge in [-0.1, -0.05) is 6.07 Å². The Balaban J connectivity index is 1.60. The zero-order valence-corrected chi connectivity index (χ0v) is 13.3. The van der Waals surface area contributed by atoms with Crippen LogP contribution >= 0.6 is 0 Å². The summed E-state index contributed by atoms with van der Waals surface area (Å²) < 4.78 is 5.16. The lowest BCUT2D eigenvalue weighted by atomic mass is 9.83. The fraction of sp³-hybridized carbons (Fsp3) is 0.647. The Bertz CT molecular complexity index is 494. The number of hydrogen-bond donors (Lipinski definition) is 0. The van der Waals surface area contributed by atoms with Crippen molar-refractivity contribution in [2.75, 3.05) is 33.4 Å². The molecule has 2 atom stereocenters. The standard InChI is InChI=1S/C17H25N3O2/c1-22-10-9-20-16-6-8-19(12-14-3-2-7-18-11-14)13-15(16)4-5-17(20)21/h2-3,7,11,15-16H,4-6,8-10,12-13H2,1H3/t15-,16+/m1/s1. The maximum atomic E-state index is 12.2. The van der Waals surface area contributed by atoms with E-state index in [1.807, 2.05) is 18.5 Å². The minimum atomic E-state index is 0.305. The summed E-state index contributed by atoms with van der Waals surface area (Å²) in [6, 6.07) is 4.53. The van der Waals surface area contributed by atoms with Crippen LogP contribution < -0.4 is 0 Å². The zero-order valence-electron chi connectivity index (χ0n) is 13.3. The second-order valence-electron chi connectivity index (χ2n) is 6.33. The summed E-state index contributed by atoms with van der Waals surface area (Å²) in [5.74, 6) is 0.902. The first-order chi connectivity index (χ1) is 10.8. The molecule has 0 radical (unpaired) electrons. The fourth-order valence-corrected chi connectivity index (χ4v) is 3.80. The third-order valence-corrected chi connectivity index (χ3v) is 4.89. The molecule has 2 saturated heterocycles. The second kappa shape index (κ2) is 7.20. The van der Waals surface area contributed by atoms with Crippen LogP contribution in [0.5, 0.6) is 0 Å². The molecule has 0 unspecified atom stereocenters. The third kappa shape index (κ3) is 3.47. The molecule has 0 saturated carbocycles. The highest BCUT2D eigenvalue weighted by Gasteiger charge is 2.38. The van der Waals surface area contributed by atoms with Crippen molar-refractivity contribution >= 4 is 5.91 Å². The molecule has 0 N–H and O–H groups in total. The smallest absolute Gasteiger partial charge is 0.222 e. The number of rotatable bonds is 5. The van der Waals surface area contributed by atoms with E-state index in [0.717, 1.165) is 39.0 Å². The van der Waals surface area contributed by atoms with Gasteiger partial charge in [0.05, 0.1) is 6.61 Å². The van der Waals surface area contributed by atoms with Gasteiger partial charge in [0.2, 0.25) is 5.91 Å². The van der Waals surface area contributed by atoms with E-state index >= 15 is 0 Å². The molecule has 3 heterocycles. The van der Waals surface area contributed by atoms with Crippen molar-refractivity contribution in [2.45, 2.75) is 31.8 Å². The molecule has 0 bridgehead atoms. The van der Waals surface area contributed by atoms with Crippen molar-refractivity contribution in [2.24, 2.45) is 5.92 Å². The molecular formula is C17H25N3O2. The summed E-state index contributed by atoms with van der Waals surface area (Å²) in [6.45, 7) is 4.46. The number of aromatic nitrogens is 1. The molecule has 0 aliphatic carbocycles. The van der Waals surface area contributed by atoms with Crippen LogP contribution in [0.4, 0.5) is 0 Å². The Morgan fingerprint density at radius 1 is 1.41 bits per heavy atom. The lowest BCUT2D eigenvalue weighted by Gasteiger charge is -2.47. The van der Waals surface area contributed by atoms with Crippen molar-refractivity contribution in [1.29, 1.82) is 0 Å². The van der Waals surface area contributed by atoms with Gasteiger partial charge >= 0.3 is 0 Å². The van der Waals surface area contributed by atoms with Crippen LogP contribution in [0.2, 0.25) is 0 Å². The topological polar surface area (TPSA) is 45.7 Å². The predicted octanol–water partition coefficient (Wildman–Crippen LogP) is 1.54. The van der Waals surface area contributed by atoms with Crippen LogP contribution in [-0.4, -0.2) is 60.1 Å². The van der Waals surface area contributed by atoms with Crippen molar-refractivity contribution in [3.63, 3.8) is 0 Å². The molecule has 0 spiro atoms. The molecule has 0 aromatic carbocycles. The van der Waals surface area contributed by atoms with Crippen LogP contribution in [0.15, 0.2) is 24.5 Å². The van der Waals surface area contributed by atoms with E-state index in [2.05, 4.69) is 20.9 Å². The van der Waals surface area contributed by atoms with Crippen molar-refractivity contribution in [3.05, 3.63) is 30.1 Å². The molecular weight excluding hydrogens is 278 g/mol. The maximum absolute atomic E-state index is 12.2. The number of amides is 1. The summed E-state index contributed by atoms with van der Waals surface area (Å²) >= 11 is 0. The number of hydrogen-bond acceptors (Lipinski definition) is 4. The molecule has 5 heteroatoms.